The number of hydrogen-bond acceptors (Lipinski definition) is 4. The Bertz CT molecular complexity index is 1060. The molecule has 0 radical (unpaired) electrons. The minimum atomic E-state index is -0.462. The van der Waals surface area contributed by atoms with Gasteiger partial charge in [0.05, 0.1) is 11.1 Å². The molecule has 0 fully saturated rings. The smallest absolute Gasteiger partial charge is 0.343 e. The highest BCUT2D eigenvalue weighted by atomic mass is 16.5. The molecule has 1 heterocycles. The number of allylic oxidation sites excluding steroid dienone is 1. The van der Waals surface area contributed by atoms with Gasteiger partial charge in [-0.2, -0.15) is 0 Å². The monoisotopic (exact) mass is 356 g/mol. The molecule has 1 aliphatic rings. The van der Waals surface area contributed by atoms with Crippen LogP contribution in [0.5, 0.6) is 11.5 Å². The zero-order valence-corrected chi connectivity index (χ0v) is 14.6. The quantitative estimate of drug-likeness (QED) is 0.383. The van der Waals surface area contributed by atoms with Gasteiger partial charge in [0.1, 0.15) is 11.5 Å². The van der Waals surface area contributed by atoms with Crippen molar-refractivity contribution in [2.45, 2.75) is 6.92 Å². The molecule has 0 N–H and O–H groups in total. The van der Waals surface area contributed by atoms with Crippen LogP contribution in [0.25, 0.3) is 6.08 Å². The molecule has 0 spiro atoms. The van der Waals surface area contributed by atoms with Crippen LogP contribution in [0.3, 0.4) is 0 Å². The Kier molecular flexibility index (Phi) is 4.30. The second kappa shape index (κ2) is 6.92. The lowest BCUT2D eigenvalue weighted by Gasteiger charge is -2.05. The molecule has 3 aromatic carbocycles. The van der Waals surface area contributed by atoms with Gasteiger partial charge in [0, 0.05) is 6.07 Å². The van der Waals surface area contributed by atoms with Crippen LogP contribution in [0.2, 0.25) is 0 Å². The van der Waals surface area contributed by atoms with Crippen molar-refractivity contribution in [3.05, 3.63) is 101 Å². The fourth-order valence-electron chi connectivity index (χ4n) is 2.86. The van der Waals surface area contributed by atoms with Crippen molar-refractivity contribution in [3.63, 3.8) is 0 Å². The summed E-state index contributed by atoms with van der Waals surface area (Å²) >= 11 is 0. The van der Waals surface area contributed by atoms with Crippen molar-refractivity contribution in [1.29, 1.82) is 0 Å². The topological polar surface area (TPSA) is 52.6 Å². The fourth-order valence-corrected chi connectivity index (χ4v) is 2.86. The van der Waals surface area contributed by atoms with Crippen molar-refractivity contribution in [2.24, 2.45) is 0 Å². The first-order valence-electron chi connectivity index (χ1n) is 8.53. The first-order valence-corrected chi connectivity index (χ1v) is 8.53. The Labute approximate surface area is 156 Å². The first-order chi connectivity index (χ1) is 13.1. The van der Waals surface area contributed by atoms with Crippen LogP contribution in [-0.4, -0.2) is 11.8 Å². The van der Waals surface area contributed by atoms with E-state index < -0.39 is 5.97 Å². The zero-order valence-electron chi connectivity index (χ0n) is 14.6. The molecular formula is C23H16O4. The maximum atomic E-state index is 12.6. The minimum Gasteiger partial charge on any atom is -0.452 e. The van der Waals surface area contributed by atoms with E-state index in [1.807, 2.05) is 37.3 Å². The number of esters is 1. The van der Waals surface area contributed by atoms with Gasteiger partial charge in [-0.1, -0.05) is 42.5 Å². The van der Waals surface area contributed by atoms with Gasteiger partial charge in [0.15, 0.2) is 5.76 Å². The van der Waals surface area contributed by atoms with Gasteiger partial charge >= 0.3 is 5.97 Å². The summed E-state index contributed by atoms with van der Waals surface area (Å²) in [5, 5.41) is 0. The average Bonchev–Trinajstić information content (AvgIpc) is 2.99. The van der Waals surface area contributed by atoms with Crippen LogP contribution in [0.15, 0.2) is 78.6 Å². The van der Waals surface area contributed by atoms with E-state index >= 15 is 0 Å². The third kappa shape index (κ3) is 3.37. The largest absolute Gasteiger partial charge is 0.452 e. The number of ether oxygens (including phenoxy) is 2. The molecule has 0 bridgehead atoms. The lowest BCUT2D eigenvalue weighted by Crippen LogP contribution is -2.08. The Morgan fingerprint density at radius 3 is 2.48 bits per heavy atom. The van der Waals surface area contributed by atoms with E-state index in [9.17, 15) is 9.59 Å². The SMILES string of the molecule is Cc1ccccc1/C=C1\Oc2cc(OC(=O)c3ccccc3)ccc2C1=O. The fraction of sp³-hybridized carbons (Fsp3) is 0.0435. The molecule has 0 atom stereocenters. The number of aryl methyl sites for hydroxylation is 1. The van der Waals surface area contributed by atoms with Gasteiger partial charge < -0.3 is 9.47 Å². The number of fused-ring (bicyclic) bond motifs is 1. The molecule has 1 aliphatic heterocycles. The second-order valence-electron chi connectivity index (χ2n) is 6.21. The van der Waals surface area contributed by atoms with Crippen LogP contribution in [0.4, 0.5) is 0 Å². The molecule has 0 aliphatic carbocycles. The first kappa shape index (κ1) is 16.8. The number of benzene rings is 3. The highest BCUT2D eigenvalue weighted by Crippen LogP contribution is 2.35. The molecule has 4 rings (SSSR count). The summed E-state index contributed by atoms with van der Waals surface area (Å²) in [7, 11) is 0. The molecular weight excluding hydrogens is 340 g/mol. The summed E-state index contributed by atoms with van der Waals surface area (Å²) in [5.41, 5.74) is 2.88. The predicted molar refractivity (Wildman–Crippen MR) is 102 cm³/mol. The standard InChI is InChI=1S/C23H16O4/c1-15-7-5-6-10-17(15)13-21-22(24)19-12-11-18(14-20(19)27-21)26-23(25)16-8-3-2-4-9-16/h2-14H,1H3/b21-13-. The van der Waals surface area contributed by atoms with Crippen molar-refractivity contribution in [3.8, 4) is 11.5 Å². The molecule has 132 valence electrons. The van der Waals surface area contributed by atoms with Gasteiger partial charge in [0.2, 0.25) is 5.78 Å². The van der Waals surface area contributed by atoms with Crippen molar-refractivity contribution >= 4 is 17.8 Å². The Hall–Kier alpha value is -3.66. The normalized spacial score (nSPS) is 14.0. The molecule has 0 saturated heterocycles. The molecule has 3 aromatic rings. The average molecular weight is 356 g/mol. The van der Waals surface area contributed by atoms with Crippen molar-refractivity contribution in [2.75, 3.05) is 0 Å². The summed E-state index contributed by atoms with van der Waals surface area (Å²) in [6.45, 7) is 1.97. The van der Waals surface area contributed by atoms with Gasteiger partial charge in [-0.25, -0.2) is 4.79 Å². The van der Waals surface area contributed by atoms with Gasteiger partial charge in [0.25, 0.3) is 0 Å². The van der Waals surface area contributed by atoms with Crippen LogP contribution in [0, 0.1) is 6.92 Å². The van der Waals surface area contributed by atoms with E-state index in [1.54, 1.807) is 48.5 Å². The van der Waals surface area contributed by atoms with E-state index in [4.69, 9.17) is 9.47 Å². The summed E-state index contributed by atoms with van der Waals surface area (Å²) in [6.07, 6.45) is 1.73. The number of hydrogen-bond donors (Lipinski definition) is 0. The third-order valence-corrected chi connectivity index (χ3v) is 4.34. The molecule has 0 saturated carbocycles. The van der Waals surface area contributed by atoms with E-state index in [0.29, 0.717) is 22.6 Å². The lowest BCUT2D eigenvalue weighted by atomic mass is 10.1. The summed E-state index contributed by atoms with van der Waals surface area (Å²) in [6, 6.07) is 21.2. The van der Waals surface area contributed by atoms with E-state index in [-0.39, 0.29) is 11.5 Å². The third-order valence-electron chi connectivity index (χ3n) is 4.34. The van der Waals surface area contributed by atoms with E-state index in [0.717, 1.165) is 11.1 Å². The number of carbonyl (C=O) groups is 2. The number of rotatable bonds is 3. The summed E-state index contributed by atoms with van der Waals surface area (Å²) in [4.78, 5) is 24.7. The van der Waals surface area contributed by atoms with Crippen LogP contribution < -0.4 is 9.47 Å². The maximum absolute atomic E-state index is 12.6. The maximum Gasteiger partial charge on any atom is 0.343 e. The Balaban J connectivity index is 1.58. The predicted octanol–water partition coefficient (Wildman–Crippen LogP) is 4.83. The summed E-state index contributed by atoms with van der Waals surface area (Å²) in [5.74, 6) is 0.321. The number of carbonyl (C=O) groups excluding carboxylic acids is 2. The van der Waals surface area contributed by atoms with Crippen LogP contribution in [0.1, 0.15) is 31.8 Å². The molecule has 0 aromatic heterocycles. The Morgan fingerprint density at radius 1 is 0.963 bits per heavy atom. The zero-order chi connectivity index (χ0) is 18.8. The van der Waals surface area contributed by atoms with Crippen LogP contribution >= 0.6 is 0 Å². The second-order valence-corrected chi connectivity index (χ2v) is 6.21. The molecule has 4 heteroatoms. The minimum absolute atomic E-state index is 0.186. The molecule has 4 nitrogen and oxygen atoms in total. The van der Waals surface area contributed by atoms with Gasteiger partial charge in [-0.05, 0) is 48.4 Å². The molecule has 0 unspecified atom stereocenters. The van der Waals surface area contributed by atoms with E-state index in [2.05, 4.69) is 0 Å². The summed E-state index contributed by atoms with van der Waals surface area (Å²) < 4.78 is 11.1. The Morgan fingerprint density at radius 2 is 1.70 bits per heavy atom. The number of Topliss-reactive ketones (excluding diaryl/α,β-unsaturated/α-hetero) is 1. The van der Waals surface area contributed by atoms with Crippen molar-refractivity contribution in [1.82, 2.24) is 0 Å². The van der Waals surface area contributed by atoms with Crippen LogP contribution in [-0.2, 0) is 0 Å². The highest BCUT2D eigenvalue weighted by molar-refractivity contribution is 6.14. The lowest BCUT2D eigenvalue weighted by molar-refractivity contribution is 0.0734. The van der Waals surface area contributed by atoms with Gasteiger partial charge in [-0.15, -0.1) is 0 Å². The van der Waals surface area contributed by atoms with Crippen molar-refractivity contribution < 1.29 is 19.1 Å². The van der Waals surface area contributed by atoms with E-state index in [1.165, 1.54) is 0 Å². The highest BCUT2D eigenvalue weighted by Gasteiger charge is 2.28. The number of ketones is 1. The molecule has 0 amide bonds. The molecule has 27 heavy (non-hydrogen) atoms. The van der Waals surface area contributed by atoms with Gasteiger partial charge in [-0.3, -0.25) is 4.79 Å².